The number of amides is 5. The van der Waals surface area contributed by atoms with Crippen LogP contribution in [0.5, 0.6) is 11.5 Å². The molecule has 6 rings (SSSR count). The maximum absolute atomic E-state index is 15.0. The third-order valence-corrected chi connectivity index (χ3v) is 9.92. The molecule has 0 bridgehead atoms. The van der Waals surface area contributed by atoms with Gasteiger partial charge in [-0.2, -0.15) is 8.78 Å². The third kappa shape index (κ3) is 10.9. The molecule has 0 radical (unpaired) electrons. The molecule has 19 heteroatoms. The molecule has 3 aromatic rings. The summed E-state index contributed by atoms with van der Waals surface area (Å²) >= 11 is 0. The van der Waals surface area contributed by atoms with Crippen molar-refractivity contribution in [1.82, 2.24) is 25.4 Å². The molecule has 1 unspecified atom stereocenters. The first-order chi connectivity index (χ1) is 27.8. The standard InChI is InChI=1S/C39H44F4N6O9/c1-21(56-39(44)54)33-32(35(52)46-31(34(51)45-20-22-5-6-22)26-11-10-25(40)19-27(26)41)47-36(58-33)24-9-12-28(57-38(42)43)29(18-24)55-17-3-2-4-30(50)48-13-15-49(16-14-48)37(53)23-7-8-23/h9-12,18-19,21-23,31,38H,2-8,13-17,20H2,1H3,(H2,44,54)(H,45,51)(H,46,52)/t21-,31?/m0/s1. The van der Waals surface area contributed by atoms with Crippen LogP contribution in [0.4, 0.5) is 22.4 Å². The summed E-state index contributed by atoms with van der Waals surface area (Å²) in [6.07, 6.45) is 2.07. The predicted octanol–water partition coefficient (Wildman–Crippen LogP) is 5.00. The van der Waals surface area contributed by atoms with Gasteiger partial charge >= 0.3 is 12.7 Å². The fourth-order valence-electron chi connectivity index (χ4n) is 6.44. The number of alkyl halides is 2. The van der Waals surface area contributed by atoms with Crippen LogP contribution < -0.4 is 25.8 Å². The maximum atomic E-state index is 15.0. The number of hydrogen-bond acceptors (Lipinski definition) is 10. The van der Waals surface area contributed by atoms with Crippen molar-refractivity contribution >= 4 is 29.7 Å². The quantitative estimate of drug-likeness (QED) is 0.116. The van der Waals surface area contributed by atoms with Gasteiger partial charge in [-0.25, -0.2) is 18.6 Å². The first-order valence-corrected chi connectivity index (χ1v) is 19.1. The second kappa shape index (κ2) is 18.6. The molecule has 4 N–H and O–H groups in total. The Morgan fingerprint density at radius 3 is 2.33 bits per heavy atom. The number of rotatable bonds is 18. The summed E-state index contributed by atoms with van der Waals surface area (Å²) in [6.45, 7) is 0.286. The van der Waals surface area contributed by atoms with Crippen LogP contribution in [0.15, 0.2) is 40.8 Å². The molecular formula is C39H44F4N6O9. The van der Waals surface area contributed by atoms with Crippen LogP contribution in [0.1, 0.15) is 85.8 Å². The maximum Gasteiger partial charge on any atom is 0.405 e. The Kier molecular flexibility index (Phi) is 13.4. The van der Waals surface area contributed by atoms with Crippen LogP contribution in [-0.2, 0) is 19.1 Å². The molecule has 1 aliphatic heterocycles. The van der Waals surface area contributed by atoms with E-state index >= 15 is 0 Å². The first kappa shape index (κ1) is 41.7. The van der Waals surface area contributed by atoms with Crippen molar-refractivity contribution in [3.63, 3.8) is 0 Å². The Morgan fingerprint density at radius 1 is 0.948 bits per heavy atom. The fourth-order valence-corrected chi connectivity index (χ4v) is 6.44. The van der Waals surface area contributed by atoms with Crippen molar-refractivity contribution in [2.75, 3.05) is 39.3 Å². The summed E-state index contributed by atoms with van der Waals surface area (Å²) < 4.78 is 76.8. The number of carbonyl (C=O) groups excluding carboxylic acids is 5. The Morgan fingerprint density at radius 2 is 1.67 bits per heavy atom. The van der Waals surface area contributed by atoms with Gasteiger partial charge in [-0.1, -0.05) is 6.07 Å². The highest BCUT2D eigenvalue weighted by Crippen LogP contribution is 2.36. The molecular weight excluding hydrogens is 772 g/mol. The Hall–Kier alpha value is -5.88. The van der Waals surface area contributed by atoms with E-state index in [0.29, 0.717) is 45.1 Å². The van der Waals surface area contributed by atoms with Gasteiger partial charge in [0.1, 0.15) is 17.7 Å². The van der Waals surface area contributed by atoms with E-state index in [1.165, 1.54) is 25.1 Å². The van der Waals surface area contributed by atoms with Crippen LogP contribution >= 0.6 is 0 Å². The van der Waals surface area contributed by atoms with Gasteiger partial charge in [-0.3, -0.25) is 19.2 Å². The molecule has 3 fully saturated rings. The lowest BCUT2D eigenvalue weighted by molar-refractivity contribution is -0.140. The summed E-state index contributed by atoms with van der Waals surface area (Å²) in [7, 11) is 0. The highest BCUT2D eigenvalue weighted by atomic mass is 19.3. The smallest absolute Gasteiger partial charge is 0.405 e. The number of nitrogens with one attached hydrogen (secondary N) is 2. The fraction of sp³-hybridized carbons (Fsp3) is 0.487. The average Bonchev–Trinajstić information content (AvgIpc) is 4.14. The third-order valence-electron chi connectivity index (χ3n) is 9.92. The molecule has 2 heterocycles. The Labute approximate surface area is 330 Å². The number of carbonyl (C=O) groups is 5. The van der Waals surface area contributed by atoms with Crippen molar-refractivity contribution in [3.8, 4) is 23.0 Å². The van der Waals surface area contributed by atoms with E-state index < -0.39 is 54.0 Å². The number of piperazine rings is 1. The monoisotopic (exact) mass is 816 g/mol. The minimum Gasteiger partial charge on any atom is -0.490 e. The number of benzene rings is 2. The number of aromatic nitrogens is 1. The van der Waals surface area contributed by atoms with E-state index in [1.807, 2.05) is 0 Å². The predicted molar refractivity (Wildman–Crippen MR) is 195 cm³/mol. The van der Waals surface area contributed by atoms with Crippen molar-refractivity contribution in [3.05, 3.63) is 65.1 Å². The second-order valence-corrected chi connectivity index (χ2v) is 14.4. The van der Waals surface area contributed by atoms with Gasteiger partial charge in [-0.15, -0.1) is 0 Å². The number of nitrogens with two attached hydrogens (primary N) is 1. The zero-order valence-electron chi connectivity index (χ0n) is 31.6. The lowest BCUT2D eigenvalue weighted by Gasteiger charge is -2.35. The van der Waals surface area contributed by atoms with E-state index in [4.69, 9.17) is 19.6 Å². The van der Waals surface area contributed by atoms with Gasteiger partial charge in [0, 0.05) is 62.3 Å². The number of hydrogen-bond donors (Lipinski definition) is 3. The molecule has 15 nitrogen and oxygen atoms in total. The summed E-state index contributed by atoms with van der Waals surface area (Å²) in [5, 5.41) is 5.07. The lowest BCUT2D eigenvalue weighted by Crippen LogP contribution is -2.51. The number of ether oxygens (including phenoxy) is 3. The summed E-state index contributed by atoms with van der Waals surface area (Å²) in [6, 6.07) is 4.58. The van der Waals surface area contributed by atoms with Gasteiger partial charge in [0.05, 0.1) is 6.61 Å². The van der Waals surface area contributed by atoms with Gasteiger partial charge in [-0.05, 0) is 75.6 Å². The van der Waals surface area contributed by atoms with Crippen LogP contribution in [-0.4, -0.2) is 90.4 Å². The molecule has 5 amide bonds. The van der Waals surface area contributed by atoms with E-state index in [-0.39, 0.29) is 77.5 Å². The van der Waals surface area contributed by atoms with Gasteiger partial charge < -0.3 is 44.8 Å². The first-order valence-electron chi connectivity index (χ1n) is 19.1. The number of halogens is 4. The van der Waals surface area contributed by atoms with Gasteiger partial charge in [0.15, 0.2) is 29.1 Å². The minimum atomic E-state index is -3.21. The summed E-state index contributed by atoms with van der Waals surface area (Å²) in [5.74, 6) is -4.50. The highest BCUT2D eigenvalue weighted by Gasteiger charge is 2.36. The molecule has 1 saturated heterocycles. The molecule has 58 heavy (non-hydrogen) atoms. The molecule has 2 aromatic carbocycles. The summed E-state index contributed by atoms with van der Waals surface area (Å²) in [5.41, 5.74) is 4.47. The topological polar surface area (TPSA) is 196 Å². The SMILES string of the molecule is C[C@H](OC(N)=O)c1oc(-c2ccc(OC(F)F)c(OCCCCC(=O)N3CCN(C(=O)C4CC4)CC3)c2)nc1C(=O)NC(C(=O)NCC1CC1)c1ccc(F)cc1F. The van der Waals surface area contributed by atoms with Crippen LogP contribution in [0.3, 0.4) is 0 Å². The largest absolute Gasteiger partial charge is 0.490 e. The van der Waals surface area contributed by atoms with E-state index in [9.17, 15) is 41.5 Å². The number of unbranched alkanes of at least 4 members (excludes halogenated alkanes) is 1. The summed E-state index contributed by atoms with van der Waals surface area (Å²) in [4.78, 5) is 71.7. The van der Waals surface area contributed by atoms with Crippen molar-refractivity contribution in [2.24, 2.45) is 17.6 Å². The lowest BCUT2D eigenvalue weighted by atomic mass is 10.0. The molecule has 0 spiro atoms. The molecule has 2 aliphatic carbocycles. The zero-order valence-corrected chi connectivity index (χ0v) is 31.6. The number of primary amides is 1. The van der Waals surface area contributed by atoms with Crippen molar-refractivity contribution in [1.29, 1.82) is 0 Å². The van der Waals surface area contributed by atoms with Gasteiger partial charge in [0.2, 0.25) is 23.6 Å². The number of nitrogens with zero attached hydrogens (tertiary/aromatic N) is 3. The highest BCUT2D eigenvalue weighted by molar-refractivity contribution is 5.97. The molecule has 2 saturated carbocycles. The molecule has 312 valence electrons. The minimum absolute atomic E-state index is 0.00187. The normalized spacial score (nSPS) is 16.4. The zero-order chi connectivity index (χ0) is 41.5. The van der Waals surface area contributed by atoms with Crippen LogP contribution in [0.2, 0.25) is 0 Å². The van der Waals surface area contributed by atoms with Crippen molar-refractivity contribution < 1.29 is 60.2 Å². The van der Waals surface area contributed by atoms with Crippen LogP contribution in [0, 0.1) is 23.5 Å². The van der Waals surface area contributed by atoms with E-state index in [2.05, 4.69) is 20.4 Å². The van der Waals surface area contributed by atoms with Gasteiger partial charge in [0.25, 0.3) is 5.91 Å². The molecule has 1 aromatic heterocycles. The van der Waals surface area contributed by atoms with E-state index in [1.54, 1.807) is 9.80 Å². The van der Waals surface area contributed by atoms with Crippen LogP contribution in [0.25, 0.3) is 11.5 Å². The molecule has 3 aliphatic rings. The molecule has 2 atom stereocenters. The van der Waals surface area contributed by atoms with Crippen molar-refractivity contribution in [2.45, 2.75) is 70.6 Å². The second-order valence-electron chi connectivity index (χ2n) is 14.4. The Bertz CT molecular complexity index is 2000. The Balaban J connectivity index is 1.16. The van der Waals surface area contributed by atoms with E-state index in [0.717, 1.165) is 37.8 Å². The average molecular weight is 817 g/mol. The number of oxazole rings is 1.